The van der Waals surface area contributed by atoms with Crippen LogP contribution in [0.15, 0.2) is 54.7 Å². The van der Waals surface area contributed by atoms with Crippen LogP contribution in [0.4, 0.5) is 23.0 Å². The number of carbonyl (C=O) groups is 1. The van der Waals surface area contributed by atoms with E-state index in [1.807, 2.05) is 44.2 Å². The van der Waals surface area contributed by atoms with Gasteiger partial charge in [-0.15, -0.1) is 0 Å². The van der Waals surface area contributed by atoms with Crippen molar-refractivity contribution in [2.24, 2.45) is 0 Å². The molecule has 0 unspecified atom stereocenters. The van der Waals surface area contributed by atoms with E-state index < -0.39 is 0 Å². The van der Waals surface area contributed by atoms with Crippen molar-refractivity contribution in [3.63, 3.8) is 0 Å². The first-order chi connectivity index (χ1) is 14.1. The van der Waals surface area contributed by atoms with Crippen LogP contribution in [0.2, 0.25) is 0 Å². The predicted octanol–water partition coefficient (Wildman–Crippen LogP) is 4.69. The fraction of sp³-hybridized carbons (Fsp3) is 0.261. The Morgan fingerprint density at radius 2 is 1.76 bits per heavy atom. The first kappa shape index (κ1) is 18.9. The van der Waals surface area contributed by atoms with Crippen molar-refractivity contribution < 1.29 is 4.79 Å². The number of hydrogen-bond donors (Lipinski definition) is 2. The van der Waals surface area contributed by atoms with Gasteiger partial charge in [0.25, 0.3) is 5.91 Å². The van der Waals surface area contributed by atoms with Crippen LogP contribution in [0.5, 0.6) is 0 Å². The summed E-state index contributed by atoms with van der Waals surface area (Å²) in [4.78, 5) is 23.6. The van der Waals surface area contributed by atoms with Gasteiger partial charge in [0.1, 0.15) is 5.69 Å². The number of aromatic nitrogens is 2. The van der Waals surface area contributed by atoms with Crippen molar-refractivity contribution in [2.75, 3.05) is 28.6 Å². The SMILES string of the molecule is Cc1ccc(NC(=O)c2ccnc(Nc3ccc(N4CCCC4)cc3)n2)c(C)c1. The topological polar surface area (TPSA) is 70.2 Å². The Bertz CT molecular complexity index is 1010. The van der Waals surface area contributed by atoms with Crippen LogP contribution in [-0.4, -0.2) is 29.0 Å². The fourth-order valence-electron chi connectivity index (χ4n) is 3.55. The Kier molecular flexibility index (Phi) is 5.42. The molecule has 0 atom stereocenters. The van der Waals surface area contributed by atoms with Gasteiger partial charge >= 0.3 is 0 Å². The molecule has 1 aliphatic rings. The lowest BCUT2D eigenvalue weighted by Gasteiger charge is -2.17. The van der Waals surface area contributed by atoms with Crippen molar-refractivity contribution in [3.05, 3.63) is 71.5 Å². The molecule has 1 aromatic heterocycles. The minimum Gasteiger partial charge on any atom is -0.372 e. The number of carbonyl (C=O) groups excluding carboxylic acids is 1. The second-order valence-corrected chi connectivity index (χ2v) is 7.40. The highest BCUT2D eigenvalue weighted by molar-refractivity contribution is 6.03. The van der Waals surface area contributed by atoms with Crippen LogP contribution in [0, 0.1) is 13.8 Å². The summed E-state index contributed by atoms with van der Waals surface area (Å²) in [5, 5.41) is 6.10. The number of benzene rings is 2. The molecule has 0 saturated carbocycles. The van der Waals surface area contributed by atoms with Gasteiger partial charge in [0.2, 0.25) is 5.95 Å². The van der Waals surface area contributed by atoms with Gasteiger partial charge in [-0.3, -0.25) is 4.79 Å². The Balaban J connectivity index is 1.44. The molecule has 1 amide bonds. The zero-order valence-electron chi connectivity index (χ0n) is 16.8. The van der Waals surface area contributed by atoms with Crippen LogP contribution in [0.25, 0.3) is 0 Å². The molecule has 148 valence electrons. The predicted molar refractivity (Wildman–Crippen MR) is 117 cm³/mol. The first-order valence-corrected chi connectivity index (χ1v) is 9.92. The lowest BCUT2D eigenvalue weighted by atomic mass is 10.1. The van der Waals surface area contributed by atoms with E-state index in [9.17, 15) is 4.79 Å². The number of amides is 1. The molecule has 2 N–H and O–H groups in total. The molecule has 4 rings (SSSR count). The number of anilines is 4. The van der Waals surface area contributed by atoms with E-state index >= 15 is 0 Å². The third kappa shape index (κ3) is 4.54. The lowest BCUT2D eigenvalue weighted by Crippen LogP contribution is -2.17. The van der Waals surface area contributed by atoms with Crippen LogP contribution in [0.1, 0.15) is 34.5 Å². The summed E-state index contributed by atoms with van der Waals surface area (Å²) >= 11 is 0. The zero-order chi connectivity index (χ0) is 20.2. The Morgan fingerprint density at radius 3 is 2.48 bits per heavy atom. The average molecular weight is 387 g/mol. The fourth-order valence-corrected chi connectivity index (χ4v) is 3.55. The highest BCUT2D eigenvalue weighted by atomic mass is 16.1. The van der Waals surface area contributed by atoms with E-state index in [0.29, 0.717) is 11.6 Å². The van der Waals surface area contributed by atoms with Gasteiger partial charge in [-0.1, -0.05) is 17.7 Å². The van der Waals surface area contributed by atoms with Gasteiger partial charge < -0.3 is 15.5 Å². The quantitative estimate of drug-likeness (QED) is 0.665. The third-order valence-electron chi connectivity index (χ3n) is 5.11. The molecular formula is C23H25N5O. The number of aryl methyl sites for hydroxylation is 2. The maximum absolute atomic E-state index is 12.6. The highest BCUT2D eigenvalue weighted by Crippen LogP contribution is 2.23. The molecule has 6 nitrogen and oxygen atoms in total. The van der Waals surface area contributed by atoms with Gasteiger partial charge in [-0.2, -0.15) is 0 Å². The zero-order valence-corrected chi connectivity index (χ0v) is 16.8. The molecule has 2 aromatic carbocycles. The summed E-state index contributed by atoms with van der Waals surface area (Å²) in [6.45, 7) is 6.24. The van der Waals surface area contributed by atoms with Gasteiger partial charge in [-0.25, -0.2) is 9.97 Å². The van der Waals surface area contributed by atoms with Crippen LogP contribution in [0.3, 0.4) is 0 Å². The molecule has 0 bridgehead atoms. The van der Waals surface area contributed by atoms with Gasteiger partial charge in [0.05, 0.1) is 0 Å². The Morgan fingerprint density at radius 1 is 1.00 bits per heavy atom. The third-order valence-corrected chi connectivity index (χ3v) is 5.11. The van der Waals surface area contributed by atoms with Crippen LogP contribution in [-0.2, 0) is 0 Å². The first-order valence-electron chi connectivity index (χ1n) is 9.92. The van der Waals surface area contributed by atoms with E-state index in [2.05, 4.69) is 37.6 Å². The summed E-state index contributed by atoms with van der Waals surface area (Å²) in [6, 6.07) is 15.8. The van der Waals surface area contributed by atoms with E-state index in [-0.39, 0.29) is 5.91 Å². The molecule has 1 aliphatic heterocycles. The Hall–Kier alpha value is -3.41. The summed E-state index contributed by atoms with van der Waals surface area (Å²) in [7, 11) is 0. The molecule has 0 radical (unpaired) electrons. The molecule has 1 saturated heterocycles. The highest BCUT2D eigenvalue weighted by Gasteiger charge is 2.13. The largest absolute Gasteiger partial charge is 0.372 e. The maximum Gasteiger partial charge on any atom is 0.274 e. The number of hydrogen-bond acceptors (Lipinski definition) is 5. The van der Waals surface area contributed by atoms with Crippen molar-refractivity contribution in [2.45, 2.75) is 26.7 Å². The van der Waals surface area contributed by atoms with Gasteiger partial charge in [-0.05, 0) is 68.7 Å². The normalized spacial score (nSPS) is 13.4. The van der Waals surface area contributed by atoms with Crippen LogP contribution >= 0.6 is 0 Å². The molecule has 1 fully saturated rings. The van der Waals surface area contributed by atoms with E-state index in [1.54, 1.807) is 12.3 Å². The minimum absolute atomic E-state index is 0.258. The van der Waals surface area contributed by atoms with Gasteiger partial charge in [0, 0.05) is 36.3 Å². The second-order valence-electron chi connectivity index (χ2n) is 7.40. The van der Waals surface area contributed by atoms with Crippen molar-refractivity contribution in [1.29, 1.82) is 0 Å². The maximum atomic E-state index is 12.6. The van der Waals surface area contributed by atoms with E-state index in [0.717, 1.165) is 35.6 Å². The summed E-state index contributed by atoms with van der Waals surface area (Å²) < 4.78 is 0. The van der Waals surface area contributed by atoms with E-state index in [4.69, 9.17) is 0 Å². The average Bonchev–Trinajstić information content (AvgIpc) is 3.26. The van der Waals surface area contributed by atoms with Crippen LogP contribution < -0.4 is 15.5 Å². The smallest absolute Gasteiger partial charge is 0.274 e. The van der Waals surface area contributed by atoms with Crippen molar-refractivity contribution in [1.82, 2.24) is 9.97 Å². The molecule has 0 spiro atoms. The number of nitrogens with one attached hydrogen (secondary N) is 2. The van der Waals surface area contributed by atoms with Crippen molar-refractivity contribution in [3.8, 4) is 0 Å². The minimum atomic E-state index is -0.258. The molecule has 2 heterocycles. The molecule has 0 aliphatic carbocycles. The number of rotatable bonds is 5. The van der Waals surface area contributed by atoms with Crippen molar-refractivity contribution >= 4 is 28.9 Å². The molecular weight excluding hydrogens is 362 g/mol. The summed E-state index contributed by atoms with van der Waals surface area (Å²) in [5.74, 6) is 0.138. The summed E-state index contributed by atoms with van der Waals surface area (Å²) in [5.41, 5.74) is 5.39. The second kappa shape index (κ2) is 8.31. The summed E-state index contributed by atoms with van der Waals surface area (Å²) in [6.07, 6.45) is 4.10. The Labute approximate surface area is 171 Å². The monoisotopic (exact) mass is 387 g/mol. The standard InChI is InChI=1S/C23H25N5O/c1-16-5-10-20(17(2)15-16)26-22(29)21-11-12-24-23(27-21)25-18-6-8-19(9-7-18)28-13-3-4-14-28/h5-12,15H,3-4,13-14H2,1-2H3,(H,26,29)(H,24,25,27). The van der Waals surface area contributed by atoms with E-state index in [1.165, 1.54) is 18.5 Å². The molecule has 6 heteroatoms. The van der Waals surface area contributed by atoms with Gasteiger partial charge in [0.15, 0.2) is 0 Å². The number of nitrogens with zero attached hydrogens (tertiary/aromatic N) is 3. The molecule has 29 heavy (non-hydrogen) atoms. The lowest BCUT2D eigenvalue weighted by molar-refractivity contribution is 0.102. The molecule has 3 aromatic rings.